The van der Waals surface area contributed by atoms with E-state index in [1.54, 1.807) is 6.08 Å². The van der Waals surface area contributed by atoms with E-state index in [2.05, 4.69) is 0 Å². The molecule has 1 rings (SSSR count). The quantitative estimate of drug-likeness (QED) is 0.495. The van der Waals surface area contributed by atoms with Crippen LogP contribution in [0.4, 0.5) is 13.2 Å². The van der Waals surface area contributed by atoms with E-state index in [4.69, 9.17) is 0 Å². The third kappa shape index (κ3) is 1.62. The van der Waals surface area contributed by atoms with Crippen LogP contribution in [-0.4, -0.2) is 6.18 Å². The van der Waals surface area contributed by atoms with Crippen LogP contribution in [0.15, 0.2) is 23.8 Å². The number of hydrogen-bond donors (Lipinski definition) is 0. The third-order valence-electron chi connectivity index (χ3n) is 1.32. The highest BCUT2D eigenvalue weighted by atomic mass is 19.4. The van der Waals surface area contributed by atoms with Gasteiger partial charge in [0.25, 0.3) is 0 Å². The summed E-state index contributed by atoms with van der Waals surface area (Å²) >= 11 is 0. The van der Waals surface area contributed by atoms with Crippen LogP contribution in [-0.2, 0) is 0 Å². The van der Waals surface area contributed by atoms with Crippen LogP contribution < -0.4 is 0 Å². The molecule has 0 unspecified atom stereocenters. The van der Waals surface area contributed by atoms with Crippen LogP contribution in [0.5, 0.6) is 0 Å². The van der Waals surface area contributed by atoms with Crippen LogP contribution in [0.25, 0.3) is 0 Å². The topological polar surface area (TPSA) is 0 Å². The minimum Gasteiger partial charge on any atom is -0.166 e. The van der Waals surface area contributed by atoms with E-state index in [-0.39, 0.29) is 0 Å². The summed E-state index contributed by atoms with van der Waals surface area (Å²) in [6.07, 6.45) is 0.966. The second-order valence-electron chi connectivity index (χ2n) is 2.14. The Morgan fingerprint density at radius 3 is 2.20 bits per heavy atom. The van der Waals surface area contributed by atoms with Crippen molar-refractivity contribution in [3.8, 4) is 0 Å². The van der Waals surface area contributed by atoms with Crippen molar-refractivity contribution >= 4 is 0 Å². The molecule has 0 fully saturated rings. The number of alkyl halides is 3. The zero-order valence-corrected chi connectivity index (χ0v) is 5.28. The summed E-state index contributed by atoms with van der Waals surface area (Å²) in [4.78, 5) is 0. The summed E-state index contributed by atoms with van der Waals surface area (Å²) < 4.78 is 35.5. The fourth-order valence-corrected chi connectivity index (χ4v) is 0.824. The Morgan fingerprint density at radius 1 is 1.20 bits per heavy atom. The average molecular weight is 148 g/mol. The summed E-state index contributed by atoms with van der Waals surface area (Å²) in [5.41, 5.74) is -0.515. The normalized spacial score (nSPS) is 18.9. The minimum absolute atomic E-state index is 0.505. The first-order chi connectivity index (χ1) is 4.61. The molecule has 0 aromatic heterocycles. The molecule has 0 amide bonds. The Hall–Kier alpha value is -0.730. The molecule has 0 aromatic rings. The lowest BCUT2D eigenvalue weighted by Crippen LogP contribution is -2.10. The van der Waals surface area contributed by atoms with Crippen LogP contribution in [0.3, 0.4) is 0 Å². The van der Waals surface area contributed by atoms with Gasteiger partial charge in [-0.25, -0.2) is 0 Å². The van der Waals surface area contributed by atoms with E-state index in [0.29, 0.717) is 6.42 Å². The zero-order chi connectivity index (χ0) is 7.61. The fourth-order valence-electron chi connectivity index (χ4n) is 0.824. The summed E-state index contributed by atoms with van der Waals surface area (Å²) in [5.74, 6) is 0. The number of halogens is 3. The lowest BCUT2D eigenvalue weighted by molar-refractivity contribution is -0.0886. The standard InChI is InChI=1S/C7H7F3/c8-7(9,10)6-4-2-1-3-5-6/h2,4-5H,1,3H2. The highest BCUT2D eigenvalue weighted by molar-refractivity contribution is 5.26. The molecule has 0 radical (unpaired) electrons. The number of rotatable bonds is 0. The Labute approximate surface area is 57.0 Å². The lowest BCUT2D eigenvalue weighted by Gasteiger charge is -2.09. The van der Waals surface area contributed by atoms with Gasteiger partial charge < -0.3 is 0 Å². The van der Waals surface area contributed by atoms with Crippen LogP contribution in [0.2, 0.25) is 0 Å². The van der Waals surface area contributed by atoms with Gasteiger partial charge in [0.05, 0.1) is 5.57 Å². The van der Waals surface area contributed by atoms with Crippen molar-refractivity contribution in [1.29, 1.82) is 0 Å². The Morgan fingerprint density at radius 2 is 1.90 bits per heavy atom. The van der Waals surface area contributed by atoms with Gasteiger partial charge in [-0.05, 0) is 12.8 Å². The van der Waals surface area contributed by atoms with Crippen molar-refractivity contribution in [1.82, 2.24) is 0 Å². The highest BCUT2D eigenvalue weighted by Gasteiger charge is 2.31. The predicted octanol–water partition coefficient (Wildman–Crippen LogP) is 2.83. The highest BCUT2D eigenvalue weighted by Crippen LogP contribution is 2.28. The van der Waals surface area contributed by atoms with Crippen molar-refractivity contribution in [2.75, 3.05) is 0 Å². The predicted molar refractivity (Wildman–Crippen MR) is 32.5 cm³/mol. The SMILES string of the molecule is FC(F)(F)C1=CCCC=C1. The molecule has 0 saturated heterocycles. The van der Waals surface area contributed by atoms with Crippen molar-refractivity contribution < 1.29 is 13.2 Å². The average Bonchev–Trinajstić information content (AvgIpc) is 1.88. The molecule has 0 N–H and O–H groups in total. The van der Waals surface area contributed by atoms with Crippen molar-refractivity contribution in [2.45, 2.75) is 19.0 Å². The van der Waals surface area contributed by atoms with Gasteiger partial charge in [-0.3, -0.25) is 0 Å². The molecule has 3 heteroatoms. The number of allylic oxidation sites excluding steroid dienone is 4. The molecule has 0 atom stereocenters. The second kappa shape index (κ2) is 2.48. The largest absolute Gasteiger partial charge is 0.416 e. The zero-order valence-electron chi connectivity index (χ0n) is 5.28. The van der Waals surface area contributed by atoms with Crippen LogP contribution in [0, 0.1) is 0 Å². The van der Waals surface area contributed by atoms with Gasteiger partial charge in [0.2, 0.25) is 0 Å². The van der Waals surface area contributed by atoms with Gasteiger partial charge in [-0.15, -0.1) is 0 Å². The van der Waals surface area contributed by atoms with Gasteiger partial charge >= 0.3 is 6.18 Å². The third-order valence-corrected chi connectivity index (χ3v) is 1.32. The van der Waals surface area contributed by atoms with E-state index in [1.807, 2.05) is 0 Å². The molecular formula is C7H7F3. The van der Waals surface area contributed by atoms with Gasteiger partial charge in [0.15, 0.2) is 0 Å². The van der Waals surface area contributed by atoms with Gasteiger partial charge in [0, 0.05) is 0 Å². The van der Waals surface area contributed by atoms with Crippen LogP contribution in [0.1, 0.15) is 12.8 Å². The van der Waals surface area contributed by atoms with Gasteiger partial charge in [-0.1, -0.05) is 18.2 Å². The fraction of sp³-hybridized carbons (Fsp3) is 0.429. The molecule has 0 aromatic carbocycles. The first-order valence-electron chi connectivity index (χ1n) is 3.04. The van der Waals surface area contributed by atoms with Crippen molar-refractivity contribution in [3.05, 3.63) is 23.8 Å². The summed E-state index contributed by atoms with van der Waals surface area (Å²) in [6, 6.07) is 0. The van der Waals surface area contributed by atoms with E-state index in [9.17, 15) is 13.2 Å². The number of hydrogen-bond acceptors (Lipinski definition) is 0. The monoisotopic (exact) mass is 148 g/mol. The molecule has 56 valence electrons. The molecule has 10 heavy (non-hydrogen) atoms. The molecular weight excluding hydrogens is 141 g/mol. The second-order valence-corrected chi connectivity index (χ2v) is 2.14. The maximum atomic E-state index is 11.8. The summed E-state index contributed by atoms with van der Waals surface area (Å²) in [5, 5.41) is 0. The first-order valence-corrected chi connectivity index (χ1v) is 3.04. The van der Waals surface area contributed by atoms with E-state index in [0.717, 1.165) is 12.5 Å². The molecule has 0 spiro atoms. The Kier molecular flexibility index (Phi) is 1.83. The molecule has 0 heterocycles. The molecule has 0 nitrogen and oxygen atoms in total. The van der Waals surface area contributed by atoms with E-state index < -0.39 is 11.7 Å². The van der Waals surface area contributed by atoms with Crippen molar-refractivity contribution in [2.24, 2.45) is 0 Å². The maximum absolute atomic E-state index is 11.8. The Bertz CT molecular complexity index is 174. The maximum Gasteiger partial charge on any atom is 0.416 e. The molecule has 0 aliphatic heterocycles. The van der Waals surface area contributed by atoms with E-state index >= 15 is 0 Å². The smallest absolute Gasteiger partial charge is 0.166 e. The lowest BCUT2D eigenvalue weighted by atomic mass is 10.1. The molecule has 1 aliphatic rings. The summed E-state index contributed by atoms with van der Waals surface area (Å²) in [7, 11) is 0. The molecule has 0 bridgehead atoms. The van der Waals surface area contributed by atoms with Gasteiger partial charge in [-0.2, -0.15) is 13.2 Å². The Balaban J connectivity index is 2.73. The van der Waals surface area contributed by atoms with E-state index in [1.165, 1.54) is 6.08 Å². The van der Waals surface area contributed by atoms with Crippen molar-refractivity contribution in [3.63, 3.8) is 0 Å². The molecule has 1 aliphatic carbocycles. The summed E-state index contributed by atoms with van der Waals surface area (Å²) in [6.45, 7) is 0. The van der Waals surface area contributed by atoms with Gasteiger partial charge in [0.1, 0.15) is 0 Å². The molecule has 0 saturated carbocycles. The minimum atomic E-state index is -4.16. The van der Waals surface area contributed by atoms with Crippen LogP contribution >= 0.6 is 0 Å². The first kappa shape index (κ1) is 7.38.